The lowest BCUT2D eigenvalue weighted by Crippen LogP contribution is -2.49. The Bertz CT molecular complexity index is 623. The Morgan fingerprint density at radius 2 is 2.10 bits per heavy atom. The van der Waals surface area contributed by atoms with Gasteiger partial charge in [0.25, 0.3) is 5.91 Å². The van der Waals surface area contributed by atoms with Crippen molar-refractivity contribution in [2.45, 2.75) is 24.3 Å². The van der Waals surface area contributed by atoms with Gasteiger partial charge in [-0.15, -0.1) is 0 Å². The molecule has 0 spiro atoms. The van der Waals surface area contributed by atoms with Crippen molar-refractivity contribution < 1.29 is 13.2 Å². The van der Waals surface area contributed by atoms with Crippen LogP contribution in [0.25, 0.3) is 0 Å². The van der Waals surface area contributed by atoms with Crippen molar-refractivity contribution in [3.63, 3.8) is 0 Å². The number of hydrogen-bond acceptors (Lipinski definition) is 4. The Balaban J connectivity index is 2.31. The maximum Gasteiger partial charge on any atom is 0.265 e. The Hall–Kier alpha value is -1.38. The fourth-order valence-corrected chi connectivity index (χ4v) is 3.92. The molecule has 1 aliphatic rings. The second-order valence-corrected chi connectivity index (χ2v) is 7.27. The highest BCUT2D eigenvalue weighted by Crippen LogP contribution is 2.24. The van der Waals surface area contributed by atoms with Crippen LogP contribution in [0.3, 0.4) is 0 Å². The van der Waals surface area contributed by atoms with Crippen LogP contribution in [0.4, 0.5) is 0 Å². The number of carbonyl (C=O) groups is 1. The number of hydrogen-bond donors (Lipinski definition) is 2. The summed E-state index contributed by atoms with van der Waals surface area (Å²) in [7, 11) is -2.04. The minimum atomic E-state index is -3.63. The molecule has 0 radical (unpaired) electrons. The largest absolute Gasteiger partial charge is 0.364 e. The normalized spacial score (nSPS) is 24.8. The Labute approximate surface area is 118 Å². The molecule has 2 unspecified atom stereocenters. The Kier molecular flexibility index (Phi) is 3.90. The number of nitrogens with two attached hydrogens (primary N) is 2. The van der Waals surface area contributed by atoms with E-state index in [1.54, 1.807) is 7.05 Å². The van der Waals surface area contributed by atoms with Gasteiger partial charge in [-0.1, -0.05) is 6.92 Å². The van der Waals surface area contributed by atoms with E-state index < -0.39 is 15.9 Å². The smallest absolute Gasteiger partial charge is 0.265 e. The molecule has 1 saturated heterocycles. The predicted octanol–water partition coefficient (Wildman–Crippen LogP) is -0.518. The summed E-state index contributed by atoms with van der Waals surface area (Å²) in [6.45, 7) is 2.75. The van der Waals surface area contributed by atoms with Gasteiger partial charge in [0.15, 0.2) is 0 Å². The third-order valence-corrected chi connectivity index (χ3v) is 5.68. The van der Waals surface area contributed by atoms with Crippen LogP contribution in [-0.4, -0.2) is 42.3 Å². The molecule has 112 valence electrons. The summed E-state index contributed by atoms with van der Waals surface area (Å²) in [6, 6.07) is 1.14. The molecule has 0 aliphatic carbocycles. The average Bonchev–Trinajstić information content (AvgIpc) is 2.75. The highest BCUT2D eigenvalue weighted by molar-refractivity contribution is 7.89. The molecule has 2 atom stereocenters. The number of primary amides is 1. The number of sulfonamides is 1. The molecule has 2 heterocycles. The van der Waals surface area contributed by atoms with Gasteiger partial charge in [0.1, 0.15) is 10.6 Å². The number of piperidine rings is 1. The number of carbonyl (C=O) groups excluding carboxylic acids is 1. The second-order valence-electron chi connectivity index (χ2n) is 5.33. The first-order chi connectivity index (χ1) is 9.23. The van der Waals surface area contributed by atoms with Crippen LogP contribution in [-0.2, 0) is 17.1 Å². The molecule has 0 bridgehead atoms. The van der Waals surface area contributed by atoms with Crippen LogP contribution in [0.2, 0.25) is 0 Å². The number of nitrogens with zero attached hydrogens (tertiary/aromatic N) is 2. The van der Waals surface area contributed by atoms with E-state index in [4.69, 9.17) is 11.5 Å². The molecule has 4 N–H and O–H groups in total. The van der Waals surface area contributed by atoms with Crippen molar-refractivity contribution in [1.82, 2.24) is 8.87 Å². The zero-order valence-corrected chi connectivity index (χ0v) is 12.4. The van der Waals surface area contributed by atoms with Crippen LogP contribution in [0.15, 0.2) is 17.2 Å². The molecule has 20 heavy (non-hydrogen) atoms. The van der Waals surface area contributed by atoms with Gasteiger partial charge in [0.2, 0.25) is 10.0 Å². The van der Waals surface area contributed by atoms with E-state index in [0.717, 1.165) is 6.42 Å². The highest BCUT2D eigenvalue weighted by Gasteiger charge is 2.33. The van der Waals surface area contributed by atoms with Crippen molar-refractivity contribution >= 4 is 15.9 Å². The number of aryl methyl sites for hydroxylation is 1. The molecule has 1 aromatic rings. The molecular formula is C12H20N4O3S. The Morgan fingerprint density at radius 1 is 1.45 bits per heavy atom. The van der Waals surface area contributed by atoms with Crippen molar-refractivity contribution in [3.05, 3.63) is 18.0 Å². The fraction of sp³-hybridized carbons (Fsp3) is 0.583. The van der Waals surface area contributed by atoms with Crippen LogP contribution < -0.4 is 11.5 Å². The van der Waals surface area contributed by atoms with Gasteiger partial charge in [0, 0.05) is 32.4 Å². The Morgan fingerprint density at radius 3 is 2.60 bits per heavy atom. The molecule has 1 aromatic heterocycles. The van der Waals surface area contributed by atoms with E-state index in [2.05, 4.69) is 0 Å². The molecule has 1 fully saturated rings. The fourth-order valence-electron chi connectivity index (χ4n) is 2.36. The minimum absolute atomic E-state index is 0.0792. The van der Waals surface area contributed by atoms with E-state index in [9.17, 15) is 13.2 Å². The summed E-state index contributed by atoms with van der Waals surface area (Å²) in [5.74, 6) is -0.351. The highest BCUT2D eigenvalue weighted by atomic mass is 32.2. The molecule has 0 aromatic carbocycles. The maximum atomic E-state index is 12.5. The second kappa shape index (κ2) is 5.19. The zero-order valence-electron chi connectivity index (χ0n) is 11.6. The monoisotopic (exact) mass is 300 g/mol. The van der Waals surface area contributed by atoms with E-state index >= 15 is 0 Å². The van der Waals surface area contributed by atoms with Gasteiger partial charge in [0.05, 0.1) is 0 Å². The number of aromatic nitrogens is 1. The lowest BCUT2D eigenvalue weighted by Gasteiger charge is -2.33. The molecule has 8 heteroatoms. The minimum Gasteiger partial charge on any atom is -0.364 e. The van der Waals surface area contributed by atoms with E-state index in [-0.39, 0.29) is 16.6 Å². The number of amides is 1. The SMILES string of the molecule is CC1CCN(S(=O)(=O)c2cc(C(N)=O)n(C)c2)CC1N. The van der Waals surface area contributed by atoms with Crippen molar-refractivity contribution in [1.29, 1.82) is 0 Å². The van der Waals surface area contributed by atoms with Gasteiger partial charge >= 0.3 is 0 Å². The van der Waals surface area contributed by atoms with Crippen LogP contribution in [0.1, 0.15) is 23.8 Å². The van der Waals surface area contributed by atoms with Gasteiger partial charge in [-0.2, -0.15) is 4.31 Å². The number of rotatable bonds is 3. The molecular weight excluding hydrogens is 280 g/mol. The van der Waals surface area contributed by atoms with Crippen LogP contribution in [0, 0.1) is 5.92 Å². The zero-order chi connectivity index (χ0) is 15.1. The third-order valence-electron chi connectivity index (χ3n) is 3.85. The quantitative estimate of drug-likeness (QED) is 0.782. The predicted molar refractivity (Wildman–Crippen MR) is 74.4 cm³/mol. The topological polar surface area (TPSA) is 111 Å². The summed E-state index contributed by atoms with van der Waals surface area (Å²) >= 11 is 0. The summed E-state index contributed by atoms with van der Waals surface area (Å²) < 4.78 is 27.9. The average molecular weight is 300 g/mol. The summed E-state index contributed by atoms with van der Waals surface area (Å²) in [6.07, 6.45) is 2.13. The summed E-state index contributed by atoms with van der Waals surface area (Å²) in [4.78, 5) is 11.3. The molecule has 2 rings (SSSR count). The summed E-state index contributed by atoms with van der Waals surface area (Å²) in [5, 5.41) is 0. The van der Waals surface area contributed by atoms with Crippen molar-refractivity contribution in [2.24, 2.45) is 24.4 Å². The molecule has 0 saturated carbocycles. The third kappa shape index (κ3) is 2.58. The molecule has 1 aliphatic heterocycles. The van der Waals surface area contributed by atoms with Crippen LogP contribution in [0.5, 0.6) is 0 Å². The van der Waals surface area contributed by atoms with E-state index in [1.807, 2.05) is 6.92 Å². The molecule has 7 nitrogen and oxygen atoms in total. The summed E-state index contributed by atoms with van der Waals surface area (Å²) in [5.41, 5.74) is 11.3. The van der Waals surface area contributed by atoms with Gasteiger partial charge in [-0.3, -0.25) is 4.79 Å². The first-order valence-corrected chi connectivity index (χ1v) is 7.89. The molecule has 1 amide bonds. The lowest BCUT2D eigenvalue weighted by atomic mass is 9.96. The standard InChI is InChI=1S/C12H20N4O3S/c1-8-3-4-16(7-10(8)13)20(18,19)9-5-11(12(14)17)15(2)6-9/h5-6,8,10H,3-4,7,13H2,1-2H3,(H2,14,17). The van der Waals surface area contributed by atoms with Crippen LogP contribution >= 0.6 is 0 Å². The van der Waals surface area contributed by atoms with Crippen molar-refractivity contribution in [2.75, 3.05) is 13.1 Å². The van der Waals surface area contributed by atoms with E-state index in [0.29, 0.717) is 19.0 Å². The first-order valence-electron chi connectivity index (χ1n) is 6.45. The first kappa shape index (κ1) is 15.0. The lowest BCUT2D eigenvalue weighted by molar-refractivity contribution is 0.0992. The van der Waals surface area contributed by atoms with Gasteiger partial charge < -0.3 is 16.0 Å². The van der Waals surface area contributed by atoms with E-state index in [1.165, 1.54) is 21.1 Å². The van der Waals surface area contributed by atoms with Gasteiger partial charge in [-0.25, -0.2) is 8.42 Å². The van der Waals surface area contributed by atoms with Gasteiger partial charge in [-0.05, 0) is 18.4 Å². The van der Waals surface area contributed by atoms with Crippen molar-refractivity contribution in [3.8, 4) is 0 Å². The maximum absolute atomic E-state index is 12.5.